The summed E-state index contributed by atoms with van der Waals surface area (Å²) < 4.78 is 1.96. The minimum absolute atomic E-state index is 0.0294. The van der Waals surface area contributed by atoms with Gasteiger partial charge in [0.05, 0.1) is 12.1 Å². The third-order valence-electron chi connectivity index (χ3n) is 3.33. The number of nitrogens with one attached hydrogen (secondary N) is 1. The van der Waals surface area contributed by atoms with Gasteiger partial charge in [0.1, 0.15) is 12.2 Å². The number of rotatable bonds is 3. The second-order valence-corrected chi connectivity index (χ2v) is 4.76. The van der Waals surface area contributed by atoms with E-state index in [2.05, 4.69) is 15.2 Å². The number of para-hydroxylation sites is 1. The van der Waals surface area contributed by atoms with Crippen molar-refractivity contribution < 1.29 is 4.79 Å². The van der Waals surface area contributed by atoms with Crippen LogP contribution in [-0.2, 0) is 13.6 Å². The molecule has 1 aromatic carbocycles. The fraction of sp³-hybridized carbons (Fsp3) is 0.214. The number of aromatic nitrogens is 4. The summed E-state index contributed by atoms with van der Waals surface area (Å²) in [5.41, 5.74) is 1.74. The van der Waals surface area contributed by atoms with Crippen molar-refractivity contribution >= 4 is 16.8 Å². The highest BCUT2D eigenvalue weighted by Gasteiger charge is 2.18. The van der Waals surface area contributed by atoms with Gasteiger partial charge >= 0.3 is 0 Å². The van der Waals surface area contributed by atoms with Gasteiger partial charge in [0.15, 0.2) is 0 Å². The summed E-state index contributed by atoms with van der Waals surface area (Å²) in [6.45, 7) is 0.405. The number of fused-ring (bicyclic) bond motifs is 1. The molecule has 0 aliphatic rings. The summed E-state index contributed by atoms with van der Waals surface area (Å²) in [7, 11) is 3.70. The predicted molar refractivity (Wildman–Crippen MR) is 75.1 cm³/mol. The average molecular weight is 269 g/mol. The van der Waals surface area contributed by atoms with E-state index in [0.29, 0.717) is 17.9 Å². The molecule has 0 saturated carbocycles. The Balaban J connectivity index is 1.92. The maximum Gasteiger partial charge on any atom is 0.256 e. The molecule has 20 heavy (non-hydrogen) atoms. The van der Waals surface area contributed by atoms with Crippen LogP contribution >= 0.6 is 0 Å². The molecule has 0 saturated heterocycles. The second-order valence-electron chi connectivity index (χ2n) is 4.76. The first kappa shape index (κ1) is 12.4. The zero-order valence-electron chi connectivity index (χ0n) is 11.4. The lowest BCUT2D eigenvalue weighted by Gasteiger charge is -2.14. The van der Waals surface area contributed by atoms with E-state index in [1.165, 1.54) is 6.33 Å². The van der Waals surface area contributed by atoms with Crippen LogP contribution < -0.4 is 0 Å². The van der Waals surface area contributed by atoms with Crippen LogP contribution in [-0.4, -0.2) is 37.6 Å². The van der Waals surface area contributed by atoms with Gasteiger partial charge in [0.2, 0.25) is 0 Å². The minimum Gasteiger partial charge on any atom is -0.350 e. The SMILES string of the molecule is CN(Cc1ncn[nH]1)C(=O)c1cn(C)c2ccccc12. The minimum atomic E-state index is -0.0294. The molecule has 0 spiro atoms. The van der Waals surface area contributed by atoms with Crippen molar-refractivity contribution in [1.29, 1.82) is 0 Å². The highest BCUT2D eigenvalue weighted by atomic mass is 16.2. The molecule has 2 heterocycles. The van der Waals surface area contributed by atoms with Crippen molar-refractivity contribution in [2.75, 3.05) is 7.05 Å². The molecule has 0 radical (unpaired) electrons. The Labute approximate surface area is 116 Å². The van der Waals surface area contributed by atoms with Crippen LogP contribution in [0.15, 0.2) is 36.8 Å². The Morgan fingerprint density at radius 2 is 2.20 bits per heavy atom. The van der Waals surface area contributed by atoms with E-state index in [-0.39, 0.29) is 5.91 Å². The van der Waals surface area contributed by atoms with Gasteiger partial charge in [-0.3, -0.25) is 9.89 Å². The van der Waals surface area contributed by atoms with Gasteiger partial charge in [-0.05, 0) is 6.07 Å². The lowest BCUT2D eigenvalue weighted by atomic mass is 10.1. The zero-order valence-corrected chi connectivity index (χ0v) is 11.4. The van der Waals surface area contributed by atoms with Crippen LogP contribution in [0.3, 0.4) is 0 Å². The maximum absolute atomic E-state index is 12.5. The molecule has 0 aliphatic carbocycles. The highest BCUT2D eigenvalue weighted by molar-refractivity contribution is 6.06. The Morgan fingerprint density at radius 3 is 2.95 bits per heavy atom. The van der Waals surface area contributed by atoms with Gasteiger partial charge in [0, 0.05) is 31.2 Å². The molecule has 3 rings (SSSR count). The van der Waals surface area contributed by atoms with E-state index in [1.54, 1.807) is 11.9 Å². The number of carbonyl (C=O) groups is 1. The van der Waals surface area contributed by atoms with Gasteiger partial charge in [-0.25, -0.2) is 4.98 Å². The number of hydrogen-bond donors (Lipinski definition) is 1. The number of amides is 1. The number of H-pyrrole nitrogens is 1. The van der Waals surface area contributed by atoms with Gasteiger partial charge < -0.3 is 9.47 Å². The summed E-state index contributed by atoms with van der Waals surface area (Å²) in [5.74, 6) is 0.638. The fourth-order valence-electron chi connectivity index (χ4n) is 2.32. The molecule has 1 amide bonds. The highest BCUT2D eigenvalue weighted by Crippen LogP contribution is 2.21. The molecule has 6 nitrogen and oxygen atoms in total. The molecule has 2 aromatic heterocycles. The van der Waals surface area contributed by atoms with Crippen LogP contribution in [0.25, 0.3) is 10.9 Å². The Hall–Kier alpha value is -2.63. The number of aromatic amines is 1. The number of nitrogens with zero attached hydrogens (tertiary/aromatic N) is 4. The molecule has 0 fully saturated rings. The van der Waals surface area contributed by atoms with E-state index < -0.39 is 0 Å². The van der Waals surface area contributed by atoms with Gasteiger partial charge in [0.25, 0.3) is 5.91 Å². The standard InChI is InChI=1S/C14H15N5O/c1-18-7-11(10-5-3-4-6-12(10)18)14(20)19(2)8-13-15-9-16-17-13/h3-7,9H,8H2,1-2H3,(H,15,16,17). The number of aryl methyl sites for hydroxylation is 1. The Morgan fingerprint density at radius 1 is 1.40 bits per heavy atom. The van der Waals surface area contributed by atoms with Crippen LogP contribution in [0.1, 0.15) is 16.2 Å². The quantitative estimate of drug-likeness (QED) is 0.784. The summed E-state index contributed by atoms with van der Waals surface area (Å²) in [6, 6.07) is 7.87. The normalized spacial score (nSPS) is 10.9. The Kier molecular flexibility index (Phi) is 2.98. The van der Waals surface area contributed by atoms with Crippen molar-refractivity contribution in [2.24, 2.45) is 7.05 Å². The zero-order chi connectivity index (χ0) is 14.1. The third-order valence-corrected chi connectivity index (χ3v) is 3.33. The summed E-state index contributed by atoms with van der Waals surface area (Å²) in [5, 5.41) is 7.50. The van der Waals surface area contributed by atoms with Gasteiger partial charge in [-0.2, -0.15) is 5.10 Å². The third kappa shape index (κ3) is 2.05. The van der Waals surface area contributed by atoms with Crippen LogP contribution in [0.2, 0.25) is 0 Å². The molecule has 0 bridgehead atoms. The second kappa shape index (κ2) is 4.80. The van der Waals surface area contributed by atoms with Crippen molar-refractivity contribution in [3.8, 4) is 0 Å². The molecular formula is C14H15N5O. The summed E-state index contributed by atoms with van der Waals surface area (Å²) >= 11 is 0. The first-order valence-electron chi connectivity index (χ1n) is 6.30. The molecule has 0 atom stereocenters. The van der Waals surface area contributed by atoms with Gasteiger partial charge in [-0.1, -0.05) is 18.2 Å². The molecule has 6 heteroatoms. The fourth-order valence-corrected chi connectivity index (χ4v) is 2.32. The van der Waals surface area contributed by atoms with Crippen LogP contribution in [0.4, 0.5) is 0 Å². The molecule has 1 N–H and O–H groups in total. The maximum atomic E-state index is 12.5. The molecular weight excluding hydrogens is 254 g/mol. The molecule has 3 aromatic rings. The van der Waals surface area contributed by atoms with Crippen molar-refractivity contribution in [1.82, 2.24) is 24.6 Å². The van der Waals surface area contributed by atoms with E-state index in [1.807, 2.05) is 42.1 Å². The monoisotopic (exact) mass is 269 g/mol. The molecule has 0 aliphatic heterocycles. The van der Waals surface area contributed by atoms with E-state index in [0.717, 1.165) is 10.9 Å². The number of hydrogen-bond acceptors (Lipinski definition) is 3. The smallest absolute Gasteiger partial charge is 0.256 e. The van der Waals surface area contributed by atoms with Gasteiger partial charge in [-0.15, -0.1) is 0 Å². The number of benzene rings is 1. The summed E-state index contributed by atoms with van der Waals surface area (Å²) in [6.07, 6.45) is 3.30. The number of carbonyl (C=O) groups excluding carboxylic acids is 1. The predicted octanol–water partition coefficient (Wildman–Crippen LogP) is 1.57. The van der Waals surface area contributed by atoms with E-state index in [9.17, 15) is 4.79 Å². The average Bonchev–Trinajstić information content (AvgIpc) is 3.07. The summed E-state index contributed by atoms with van der Waals surface area (Å²) in [4.78, 5) is 18.2. The first-order valence-corrected chi connectivity index (χ1v) is 6.30. The van der Waals surface area contributed by atoms with Crippen molar-refractivity contribution in [2.45, 2.75) is 6.54 Å². The van der Waals surface area contributed by atoms with Crippen molar-refractivity contribution in [3.63, 3.8) is 0 Å². The largest absolute Gasteiger partial charge is 0.350 e. The molecule has 102 valence electrons. The Bertz CT molecular complexity index is 744. The van der Waals surface area contributed by atoms with Crippen LogP contribution in [0.5, 0.6) is 0 Å². The lowest BCUT2D eigenvalue weighted by Crippen LogP contribution is -2.26. The van der Waals surface area contributed by atoms with E-state index in [4.69, 9.17) is 0 Å². The topological polar surface area (TPSA) is 66.8 Å². The van der Waals surface area contributed by atoms with Crippen LogP contribution in [0, 0.1) is 0 Å². The lowest BCUT2D eigenvalue weighted by molar-refractivity contribution is 0.0783. The molecule has 0 unspecified atom stereocenters. The first-order chi connectivity index (χ1) is 9.66. The van der Waals surface area contributed by atoms with Crippen molar-refractivity contribution in [3.05, 3.63) is 48.2 Å². The van der Waals surface area contributed by atoms with E-state index >= 15 is 0 Å².